The number of carbonyl (C=O) groups is 14. The molecular weight excluding hydrogens is 1620 g/mol. The number of benzene rings is 3. The van der Waals surface area contributed by atoms with E-state index >= 15 is 4.39 Å². The van der Waals surface area contributed by atoms with Crippen molar-refractivity contribution in [2.45, 2.75) is 171 Å². The third-order valence-electron chi connectivity index (χ3n) is 21.8. The van der Waals surface area contributed by atoms with Gasteiger partial charge in [-0.2, -0.15) is 4.98 Å². The van der Waals surface area contributed by atoms with Crippen LogP contribution < -0.4 is 76.2 Å². The van der Waals surface area contributed by atoms with E-state index in [1.165, 1.54) is 29.0 Å². The van der Waals surface area contributed by atoms with Crippen molar-refractivity contribution in [3.8, 4) is 11.4 Å². The first kappa shape index (κ1) is 90.7. The van der Waals surface area contributed by atoms with Crippen LogP contribution in [0.5, 0.6) is 0 Å². The Bertz CT molecular complexity index is 5410. The SMILES string of the molecule is CC[C@@]1(O)C(=O)OCc2c1cc1n(c2=O)Cc2c-1nc1cc(F)c(C)c3c1c2[C@@H](NC(=O)COCNC(=O)CNC(=O)[C@H](Cc1ccccc1)NC(=O)CNC(=O)CNC(=O)CCCCCN1C(=O)CC(SC[C@H](NC(=O)CC[C@H](NC(=O)c2ccc(NCc4cnc5[nH]c(N)nc(=O)c5n4)cc2)C(=O)O)C(=O)CC[C@@H](CCCCN)C(N)=O)C1=O)CC3. The number of nitrogens with one attached hydrogen (secondary N) is 10. The number of esters is 1. The minimum atomic E-state index is -2.09. The Morgan fingerprint density at radius 3 is 2.24 bits per heavy atom. The zero-order chi connectivity index (χ0) is 88.3. The minimum Gasteiger partial charge on any atom is -0.480 e. The summed E-state index contributed by atoms with van der Waals surface area (Å²) in [7, 11) is 0. The number of primary amides is 1. The molecule has 11 rings (SSSR count). The largest absolute Gasteiger partial charge is 0.480 e. The van der Waals surface area contributed by atoms with Crippen LogP contribution in [-0.2, 0) is 110 Å². The molecule has 7 atom stereocenters. The molecule has 652 valence electrons. The summed E-state index contributed by atoms with van der Waals surface area (Å²) in [4.78, 5) is 231. The molecule has 39 nitrogen and oxygen atoms in total. The Labute approximate surface area is 705 Å². The van der Waals surface area contributed by atoms with Crippen LogP contribution in [0.1, 0.15) is 158 Å². The van der Waals surface area contributed by atoms with E-state index in [-0.39, 0.29) is 123 Å². The highest BCUT2D eigenvalue weighted by molar-refractivity contribution is 8.00. The van der Waals surface area contributed by atoms with Gasteiger partial charge in [0.1, 0.15) is 37.8 Å². The molecule has 4 aliphatic rings. The van der Waals surface area contributed by atoms with Gasteiger partial charge in [0.15, 0.2) is 22.5 Å². The van der Waals surface area contributed by atoms with E-state index in [9.17, 15) is 86.9 Å². The molecule has 1 saturated heterocycles. The van der Waals surface area contributed by atoms with Crippen LogP contribution in [0.4, 0.5) is 16.0 Å². The standard InChI is InChI=1S/C82H96FN19O20S/c1-3-82(120)51-29-58-70-49(37-102(58)77(115)50(51)38-122-80(82)119)69-53(22-21-48-42(2)52(83)30-55(97-70)68(48)69)94-66(109)39-121-41-92-64(107)35-91-75(113)56(28-43-12-6-4-7-13-43)95-65(108)36-89-63(106)34-88-61(104)15-8-5-11-27-101-67(110)31-60(78(101)116)123-40-57(59(103)24-18-44(72(85)111)14-9-10-26-84)96-62(105)25-23-54(79(117)118)98-74(112)45-16-19-46(20-17-45)87-32-47-33-90-73-71(93-47)76(114)100-81(86)99-73/h4,6-7,12-13,16-17,19-20,29-30,33,44,53-54,56-57,60,87,120H,3,5,8-11,14-15,18,21-28,31-32,34-41,84H2,1-2H3,(H2,85,111)(H,88,104)(H,89,106)(H,91,113)(H,92,107)(H,94,109)(H,95,108)(H,96,105)(H,98,112)(H,117,118)(H3,86,90,99,100,114)/t44-,53+,54+,56+,57+,60?,82+/m1/s1. The van der Waals surface area contributed by atoms with Crippen LogP contribution in [0.3, 0.4) is 0 Å². The van der Waals surface area contributed by atoms with E-state index in [0.29, 0.717) is 101 Å². The number of amides is 11. The molecule has 7 heterocycles. The molecule has 3 aliphatic heterocycles. The number of carboxylic acids is 1. The summed E-state index contributed by atoms with van der Waals surface area (Å²) >= 11 is 0.950. The molecule has 0 spiro atoms. The monoisotopic (exact) mass is 1720 g/mol. The third kappa shape index (κ3) is 22.8. The van der Waals surface area contributed by atoms with Crippen molar-refractivity contribution in [3.05, 3.63) is 150 Å². The summed E-state index contributed by atoms with van der Waals surface area (Å²) < 4.78 is 27.7. The van der Waals surface area contributed by atoms with Crippen LogP contribution in [0.2, 0.25) is 0 Å². The first-order valence-electron chi connectivity index (χ1n) is 40.2. The number of aromatic amines is 1. The number of anilines is 2. The highest BCUT2D eigenvalue weighted by atomic mass is 32.2. The maximum absolute atomic E-state index is 15.5. The summed E-state index contributed by atoms with van der Waals surface area (Å²) in [5.74, 6) is -11.7. The smallest absolute Gasteiger partial charge is 0.343 e. The number of fused-ring (bicyclic) bond motifs is 6. The maximum atomic E-state index is 15.5. The number of carbonyl (C=O) groups excluding carboxylic acids is 13. The summed E-state index contributed by atoms with van der Waals surface area (Å²) in [6.07, 6.45) is 3.11. The number of likely N-dealkylation sites (tertiary alicyclic amines) is 1. The number of aryl methyl sites for hydroxylation is 1. The number of nitrogen functional groups attached to an aromatic ring is 1. The Hall–Kier alpha value is -13.0. The van der Waals surface area contributed by atoms with E-state index in [4.69, 9.17) is 31.7 Å². The minimum absolute atomic E-state index is 0.00960. The molecule has 18 N–H and O–H groups in total. The molecule has 1 fully saturated rings. The average Bonchev–Trinajstić information content (AvgIpc) is 1.58. The fourth-order valence-corrected chi connectivity index (χ4v) is 16.3. The van der Waals surface area contributed by atoms with Crippen LogP contribution in [0, 0.1) is 18.7 Å². The van der Waals surface area contributed by atoms with Gasteiger partial charge in [-0.3, -0.25) is 72.0 Å². The second-order valence-corrected chi connectivity index (χ2v) is 31.4. The van der Waals surface area contributed by atoms with E-state index in [2.05, 4.69) is 67.8 Å². The molecule has 0 bridgehead atoms. The summed E-state index contributed by atoms with van der Waals surface area (Å²) in [6.45, 7) is 0.665. The highest BCUT2D eigenvalue weighted by Crippen LogP contribution is 2.46. The number of ketones is 1. The number of rotatable bonds is 44. The second-order valence-electron chi connectivity index (χ2n) is 30.2. The molecule has 11 amide bonds. The number of cyclic esters (lactones) is 1. The lowest BCUT2D eigenvalue weighted by molar-refractivity contribution is -0.172. The van der Waals surface area contributed by atoms with Crippen molar-refractivity contribution in [3.63, 3.8) is 0 Å². The quantitative estimate of drug-likeness (QED) is 0.0105. The molecule has 4 aromatic heterocycles. The highest BCUT2D eigenvalue weighted by Gasteiger charge is 2.47. The lowest BCUT2D eigenvalue weighted by atomic mass is 9.81. The van der Waals surface area contributed by atoms with Gasteiger partial charge in [0, 0.05) is 84.1 Å². The third-order valence-corrected chi connectivity index (χ3v) is 23.1. The fraction of sp³-hybridized carbons (Fsp3) is 0.439. The molecule has 0 radical (unpaired) electrons. The topological polar surface area (TPSA) is 594 Å². The van der Waals surface area contributed by atoms with Gasteiger partial charge in [-0.05, 0) is 124 Å². The van der Waals surface area contributed by atoms with Crippen molar-refractivity contribution < 1.29 is 91.2 Å². The normalized spacial score (nSPS) is 16.5. The van der Waals surface area contributed by atoms with E-state index in [1.54, 1.807) is 62.4 Å². The number of carboxylic acid groups (broad SMARTS) is 1. The predicted octanol–water partition coefficient (Wildman–Crippen LogP) is 0.167. The number of thioether (sulfide) groups is 1. The molecule has 1 unspecified atom stereocenters. The van der Waals surface area contributed by atoms with Crippen LogP contribution in [-0.4, -0.2) is 202 Å². The van der Waals surface area contributed by atoms with Crippen molar-refractivity contribution in [1.82, 2.24) is 76.9 Å². The van der Waals surface area contributed by atoms with Gasteiger partial charge >= 0.3 is 17.5 Å². The Morgan fingerprint density at radius 2 is 1.50 bits per heavy atom. The number of aliphatic hydroxyl groups is 1. The van der Waals surface area contributed by atoms with Gasteiger partial charge in [0.05, 0.1) is 84.4 Å². The van der Waals surface area contributed by atoms with Crippen molar-refractivity contribution in [2.75, 3.05) is 62.9 Å². The lowest BCUT2D eigenvalue weighted by Crippen LogP contribution is -2.52. The lowest BCUT2D eigenvalue weighted by Gasteiger charge is -2.31. The van der Waals surface area contributed by atoms with Gasteiger partial charge in [-0.25, -0.2) is 28.9 Å². The number of imide groups is 1. The van der Waals surface area contributed by atoms with Crippen LogP contribution >= 0.6 is 11.8 Å². The maximum Gasteiger partial charge on any atom is 0.343 e. The van der Waals surface area contributed by atoms with E-state index in [0.717, 1.165) is 16.7 Å². The first-order chi connectivity index (χ1) is 58.9. The molecule has 123 heavy (non-hydrogen) atoms. The Kier molecular flexibility index (Phi) is 30.6. The van der Waals surface area contributed by atoms with E-state index < -0.39 is 186 Å². The molecule has 1 aliphatic carbocycles. The molecular formula is C82H96FN19O20S. The predicted molar refractivity (Wildman–Crippen MR) is 441 cm³/mol. The van der Waals surface area contributed by atoms with Gasteiger partial charge in [-0.15, -0.1) is 11.8 Å². The van der Waals surface area contributed by atoms with Crippen molar-refractivity contribution in [2.24, 2.45) is 17.4 Å². The number of unbranched alkanes of at least 4 members (excludes halogenated alkanes) is 3. The van der Waals surface area contributed by atoms with Crippen molar-refractivity contribution in [1.29, 1.82) is 0 Å². The first-order valence-corrected chi connectivity index (χ1v) is 41.2. The van der Waals surface area contributed by atoms with Gasteiger partial charge in [0.2, 0.25) is 65.0 Å². The molecule has 3 aromatic carbocycles. The number of ether oxygens (including phenoxy) is 2. The molecule has 7 aromatic rings. The van der Waals surface area contributed by atoms with Crippen LogP contribution in [0.25, 0.3) is 33.5 Å². The zero-order valence-corrected chi connectivity index (χ0v) is 68.2. The van der Waals surface area contributed by atoms with Gasteiger partial charge in [0.25, 0.3) is 11.5 Å². The Morgan fingerprint density at radius 1 is 0.772 bits per heavy atom. The summed E-state index contributed by atoms with van der Waals surface area (Å²) in [6, 6.07) is 12.6. The van der Waals surface area contributed by atoms with Gasteiger partial charge in [-0.1, -0.05) is 50.1 Å². The number of aliphatic carboxylic acids is 1. The average molecular weight is 1720 g/mol. The zero-order valence-electron chi connectivity index (χ0n) is 67.4. The van der Waals surface area contributed by atoms with Crippen molar-refractivity contribution >= 4 is 128 Å². The number of halogens is 1. The number of hydrogen-bond acceptors (Lipinski definition) is 27. The summed E-state index contributed by atoms with van der Waals surface area (Å²) in [5.41, 5.74) is 18.8. The number of pyridine rings is 2. The number of nitrogens with two attached hydrogens (primary N) is 3. The number of H-pyrrole nitrogens is 1. The number of Topliss-reactive ketones (excluding diaryl/α,β-unsaturated/α-hetero) is 1. The number of nitrogens with zero attached hydrogens (tertiary/aromatic N) is 6. The van der Waals surface area contributed by atoms with Crippen LogP contribution in [0.15, 0.2) is 82.5 Å². The number of aromatic nitrogens is 6. The fourth-order valence-electron chi connectivity index (χ4n) is 15.0. The Balaban J connectivity index is 0.583. The molecule has 41 heteroatoms. The second kappa shape index (κ2) is 41.5. The summed E-state index contributed by atoms with van der Waals surface area (Å²) in [5, 5.41) is 44.6. The van der Waals surface area contributed by atoms with E-state index in [1.807, 2.05) is 0 Å². The molecule has 0 saturated carbocycles. The van der Waals surface area contributed by atoms with Gasteiger partial charge < -0.3 is 94.3 Å². The number of hydrogen-bond donors (Lipinski definition) is 15.